The zero-order valence-electron chi connectivity index (χ0n) is 16.7. The first-order valence-electron chi connectivity index (χ1n) is 9.82. The molecule has 30 heavy (non-hydrogen) atoms. The van der Waals surface area contributed by atoms with Crippen molar-refractivity contribution in [1.29, 1.82) is 0 Å². The van der Waals surface area contributed by atoms with E-state index >= 15 is 0 Å². The number of hydrogen-bond acceptors (Lipinski definition) is 3. The highest BCUT2D eigenvalue weighted by Crippen LogP contribution is 2.21. The lowest BCUT2D eigenvalue weighted by Gasteiger charge is -2.17. The summed E-state index contributed by atoms with van der Waals surface area (Å²) < 4.78 is 13.4. The predicted octanol–water partition coefficient (Wildman–Crippen LogP) is 4.20. The molecule has 0 radical (unpaired) electrons. The minimum Gasteiger partial charge on any atom is -0.342 e. The van der Waals surface area contributed by atoms with Crippen LogP contribution in [0, 0.1) is 6.92 Å². The number of likely N-dealkylation sites (tertiary alicyclic amines) is 1. The first kappa shape index (κ1) is 20.3. The number of aryl methyl sites for hydroxylation is 1. The number of nitrogens with one attached hydrogen (secondary N) is 2. The number of aromatic nitrogens is 2. The van der Waals surface area contributed by atoms with Crippen molar-refractivity contribution < 1.29 is 14.0 Å². The van der Waals surface area contributed by atoms with Crippen LogP contribution in [0.2, 0.25) is 5.02 Å². The van der Waals surface area contributed by atoms with Crippen LogP contribution < -0.4 is 5.32 Å². The summed E-state index contributed by atoms with van der Waals surface area (Å²) in [4.78, 5) is 34.5. The number of benzene rings is 2. The first-order chi connectivity index (χ1) is 14.3. The van der Waals surface area contributed by atoms with Crippen molar-refractivity contribution in [1.82, 2.24) is 20.2 Å². The third kappa shape index (κ3) is 4.03. The molecular formula is C22H22ClFN4O2. The number of fused-ring (bicyclic) bond motifs is 1. The molecule has 1 aliphatic rings. The van der Waals surface area contributed by atoms with E-state index in [1.165, 1.54) is 4.90 Å². The number of amides is 2. The normalized spacial score (nSPS) is 17.3. The number of nitrogens with zero attached hydrogens (tertiary/aromatic N) is 2. The molecule has 1 aliphatic heterocycles. The van der Waals surface area contributed by atoms with Crippen molar-refractivity contribution in [2.75, 3.05) is 13.1 Å². The van der Waals surface area contributed by atoms with Gasteiger partial charge < -0.3 is 15.2 Å². The Kier molecular flexibility index (Phi) is 5.47. The van der Waals surface area contributed by atoms with Gasteiger partial charge in [-0.15, -0.1) is 0 Å². The first-order valence-corrected chi connectivity index (χ1v) is 10.2. The molecule has 2 amide bonds. The number of carbonyl (C=O) groups is 2. The molecule has 0 saturated carbocycles. The van der Waals surface area contributed by atoms with Crippen molar-refractivity contribution in [3.05, 3.63) is 63.9 Å². The molecule has 0 aliphatic carbocycles. The molecule has 1 saturated heterocycles. The molecule has 6 nitrogen and oxygen atoms in total. The van der Waals surface area contributed by atoms with Gasteiger partial charge in [-0.25, -0.2) is 9.37 Å². The zero-order valence-corrected chi connectivity index (χ0v) is 17.5. The number of rotatable bonds is 4. The van der Waals surface area contributed by atoms with E-state index in [0.717, 1.165) is 11.0 Å². The highest BCUT2D eigenvalue weighted by molar-refractivity contribution is 6.31. The molecule has 0 bridgehead atoms. The van der Waals surface area contributed by atoms with Crippen LogP contribution in [0.25, 0.3) is 11.0 Å². The lowest BCUT2D eigenvalue weighted by molar-refractivity contribution is 0.0781. The van der Waals surface area contributed by atoms with Gasteiger partial charge in [0, 0.05) is 22.7 Å². The highest BCUT2D eigenvalue weighted by Gasteiger charge is 2.27. The largest absolute Gasteiger partial charge is 0.342 e. The topological polar surface area (TPSA) is 78.1 Å². The Hall–Kier alpha value is -2.93. The maximum Gasteiger partial charge on any atom is 0.254 e. The van der Waals surface area contributed by atoms with E-state index in [2.05, 4.69) is 15.3 Å². The van der Waals surface area contributed by atoms with Crippen molar-refractivity contribution in [2.45, 2.75) is 32.5 Å². The summed E-state index contributed by atoms with van der Waals surface area (Å²) in [5.41, 5.74) is 3.19. The van der Waals surface area contributed by atoms with Crippen LogP contribution in [-0.4, -0.2) is 45.9 Å². The second-order valence-electron chi connectivity index (χ2n) is 7.65. The van der Waals surface area contributed by atoms with Crippen molar-refractivity contribution >= 4 is 34.4 Å². The van der Waals surface area contributed by atoms with Crippen LogP contribution in [0.4, 0.5) is 4.39 Å². The monoisotopic (exact) mass is 428 g/mol. The van der Waals surface area contributed by atoms with Gasteiger partial charge in [0.2, 0.25) is 0 Å². The molecule has 4 rings (SSSR count). The number of aromatic amines is 1. The molecule has 1 fully saturated rings. The van der Waals surface area contributed by atoms with Gasteiger partial charge in [-0.3, -0.25) is 9.59 Å². The Morgan fingerprint density at radius 3 is 2.80 bits per heavy atom. The number of halogens is 2. The second kappa shape index (κ2) is 8.07. The molecule has 156 valence electrons. The van der Waals surface area contributed by atoms with Crippen molar-refractivity contribution in [3.63, 3.8) is 0 Å². The van der Waals surface area contributed by atoms with Gasteiger partial charge in [0.25, 0.3) is 11.8 Å². The average molecular weight is 429 g/mol. The number of carbonyl (C=O) groups excluding carboxylic acids is 2. The summed E-state index contributed by atoms with van der Waals surface area (Å²) in [5, 5.41) is 3.52. The van der Waals surface area contributed by atoms with Crippen LogP contribution in [0.1, 0.15) is 51.5 Å². The highest BCUT2D eigenvalue weighted by atomic mass is 35.5. The number of alkyl halides is 1. The van der Waals surface area contributed by atoms with E-state index in [9.17, 15) is 14.0 Å². The van der Waals surface area contributed by atoms with Crippen LogP contribution in [0.3, 0.4) is 0 Å². The number of imidazole rings is 1. The van der Waals surface area contributed by atoms with E-state index in [1.807, 2.05) is 13.0 Å². The van der Waals surface area contributed by atoms with Crippen molar-refractivity contribution in [2.24, 2.45) is 0 Å². The van der Waals surface area contributed by atoms with Gasteiger partial charge in [-0.1, -0.05) is 11.6 Å². The second-order valence-corrected chi connectivity index (χ2v) is 8.08. The standard InChI is InChI=1S/C22H22ClFN4O2/c1-12-9-14(3-5-17(12)22(30)28-8-7-16(24)11-28)21(29)25-13(2)20-26-18-6-4-15(23)10-19(18)27-20/h3-6,9-10,13,16H,7-8,11H2,1-2H3,(H,25,29)(H,26,27)/t13-,16+/m0/s1. The molecule has 8 heteroatoms. The smallest absolute Gasteiger partial charge is 0.254 e. The van der Waals surface area contributed by atoms with Crippen LogP contribution >= 0.6 is 11.6 Å². The number of hydrogen-bond donors (Lipinski definition) is 2. The SMILES string of the molecule is Cc1cc(C(=O)N[C@@H](C)c2nc3ccc(Cl)cc3[nH]2)ccc1C(=O)N1CC[C@@H](F)C1. The summed E-state index contributed by atoms with van der Waals surface area (Å²) in [6.45, 7) is 4.16. The Balaban J connectivity index is 1.47. The third-order valence-corrected chi connectivity index (χ3v) is 5.59. The number of H-pyrrole nitrogens is 1. The van der Waals surface area contributed by atoms with E-state index in [1.54, 1.807) is 37.3 Å². The summed E-state index contributed by atoms with van der Waals surface area (Å²) in [6, 6.07) is 9.94. The molecular weight excluding hydrogens is 407 g/mol. The van der Waals surface area contributed by atoms with Gasteiger partial charge in [0.05, 0.1) is 23.6 Å². The summed E-state index contributed by atoms with van der Waals surface area (Å²) in [7, 11) is 0. The van der Waals surface area contributed by atoms with Gasteiger partial charge in [0.1, 0.15) is 12.0 Å². The fourth-order valence-corrected chi connectivity index (χ4v) is 3.84. The van der Waals surface area contributed by atoms with E-state index < -0.39 is 6.17 Å². The van der Waals surface area contributed by atoms with E-state index in [-0.39, 0.29) is 24.4 Å². The summed E-state index contributed by atoms with van der Waals surface area (Å²) >= 11 is 6.01. The summed E-state index contributed by atoms with van der Waals surface area (Å²) in [6.07, 6.45) is -0.591. The van der Waals surface area contributed by atoms with Gasteiger partial charge in [0.15, 0.2) is 0 Å². The lowest BCUT2D eigenvalue weighted by atomic mass is 10.0. The minimum atomic E-state index is -0.963. The Labute approximate surface area is 178 Å². The Morgan fingerprint density at radius 2 is 2.10 bits per heavy atom. The quantitative estimate of drug-likeness (QED) is 0.653. The molecule has 3 aromatic rings. The third-order valence-electron chi connectivity index (χ3n) is 5.36. The van der Waals surface area contributed by atoms with Gasteiger partial charge >= 0.3 is 0 Å². The molecule has 2 atom stereocenters. The molecule has 0 spiro atoms. The van der Waals surface area contributed by atoms with Gasteiger partial charge in [-0.2, -0.15) is 0 Å². The zero-order chi connectivity index (χ0) is 21.4. The molecule has 1 aromatic heterocycles. The maximum absolute atomic E-state index is 13.4. The fourth-order valence-electron chi connectivity index (χ4n) is 3.67. The lowest BCUT2D eigenvalue weighted by Crippen LogP contribution is -2.30. The average Bonchev–Trinajstić information content (AvgIpc) is 3.33. The van der Waals surface area contributed by atoms with Crippen molar-refractivity contribution in [3.8, 4) is 0 Å². The Morgan fingerprint density at radius 1 is 1.30 bits per heavy atom. The molecule has 0 unspecified atom stereocenters. The minimum absolute atomic E-state index is 0.126. The fraction of sp³-hybridized carbons (Fsp3) is 0.318. The summed E-state index contributed by atoms with van der Waals surface area (Å²) in [5.74, 6) is 0.154. The predicted molar refractivity (Wildman–Crippen MR) is 114 cm³/mol. The Bertz CT molecular complexity index is 1130. The van der Waals surface area contributed by atoms with E-state index in [0.29, 0.717) is 40.5 Å². The van der Waals surface area contributed by atoms with Crippen LogP contribution in [0.5, 0.6) is 0 Å². The van der Waals surface area contributed by atoms with Gasteiger partial charge in [-0.05, 0) is 62.2 Å². The molecule has 2 aromatic carbocycles. The maximum atomic E-state index is 13.4. The molecule has 2 N–H and O–H groups in total. The van der Waals surface area contributed by atoms with Crippen LogP contribution in [0.15, 0.2) is 36.4 Å². The van der Waals surface area contributed by atoms with E-state index in [4.69, 9.17) is 11.6 Å². The molecule has 2 heterocycles. The van der Waals surface area contributed by atoms with Crippen LogP contribution in [-0.2, 0) is 0 Å².